The Morgan fingerprint density at radius 3 is 2.78 bits per heavy atom. The van der Waals surface area contributed by atoms with Crippen LogP contribution in [0.25, 0.3) is 21.3 Å². The summed E-state index contributed by atoms with van der Waals surface area (Å²) in [6, 6.07) is 9.68. The zero-order chi connectivity index (χ0) is 16.4. The van der Waals surface area contributed by atoms with Crippen molar-refractivity contribution in [3.05, 3.63) is 51.9 Å². The average Bonchev–Trinajstić information content (AvgIpc) is 2.88. The van der Waals surface area contributed by atoms with Crippen LogP contribution in [0, 0.1) is 6.92 Å². The monoisotopic (exact) mass is 329 g/mol. The number of carbonyl (C=O) groups excluding carboxylic acids is 1. The number of methoxy groups -OCH3 is 1. The van der Waals surface area contributed by atoms with Crippen LogP contribution in [-0.4, -0.2) is 29.3 Å². The van der Waals surface area contributed by atoms with Crippen molar-refractivity contribution in [3.8, 4) is 11.1 Å². The molecular formula is C16H15N3O3S. The lowest BCUT2D eigenvalue weighted by Gasteiger charge is -2.07. The molecule has 0 aliphatic carbocycles. The van der Waals surface area contributed by atoms with Gasteiger partial charge in [-0.25, -0.2) is 9.66 Å². The predicted molar refractivity (Wildman–Crippen MR) is 90.3 cm³/mol. The number of rotatable bonds is 4. The van der Waals surface area contributed by atoms with Gasteiger partial charge in [0.1, 0.15) is 17.8 Å². The Morgan fingerprint density at radius 2 is 2.09 bits per heavy atom. The van der Waals surface area contributed by atoms with Gasteiger partial charge < -0.3 is 4.74 Å². The molecule has 1 aromatic carbocycles. The summed E-state index contributed by atoms with van der Waals surface area (Å²) in [7, 11) is 1.42. The summed E-state index contributed by atoms with van der Waals surface area (Å²) in [6.07, 6.45) is 1.32. The van der Waals surface area contributed by atoms with E-state index in [0.29, 0.717) is 10.2 Å². The second kappa shape index (κ2) is 6.31. The number of nitrogens with one attached hydrogen (secondary N) is 1. The first-order chi connectivity index (χ1) is 11.1. The van der Waals surface area contributed by atoms with Gasteiger partial charge in [0.15, 0.2) is 0 Å². The maximum Gasteiger partial charge on any atom is 0.281 e. The average molecular weight is 329 g/mol. The van der Waals surface area contributed by atoms with Crippen LogP contribution in [0.1, 0.15) is 4.88 Å². The largest absolute Gasteiger partial charge is 0.375 e. The fourth-order valence-corrected chi connectivity index (χ4v) is 3.44. The van der Waals surface area contributed by atoms with Crippen LogP contribution in [0.15, 0.2) is 41.5 Å². The highest BCUT2D eigenvalue weighted by molar-refractivity contribution is 7.19. The molecule has 0 aliphatic heterocycles. The van der Waals surface area contributed by atoms with E-state index < -0.39 is 5.91 Å². The molecule has 2 aromatic heterocycles. The molecule has 0 saturated heterocycles. The number of hydrogen-bond acceptors (Lipinski definition) is 5. The Bertz CT molecular complexity index is 915. The standard InChI is InChI=1S/C16H15N3O3S/c1-10-13(11-6-4-3-5-7-11)14-15(23-10)17-9-19(16(14)21)18-12(20)8-22-2/h3-7,9H,8H2,1-2H3,(H,18,20). The predicted octanol–water partition coefficient (Wildman–Crippen LogP) is 2.15. The molecule has 0 spiro atoms. The number of benzene rings is 1. The van der Waals surface area contributed by atoms with Crippen LogP contribution in [0.3, 0.4) is 0 Å². The van der Waals surface area contributed by atoms with Crippen LogP contribution < -0.4 is 11.0 Å². The molecule has 0 fully saturated rings. The molecule has 0 atom stereocenters. The Kier molecular flexibility index (Phi) is 4.22. The van der Waals surface area contributed by atoms with E-state index in [4.69, 9.17) is 4.74 Å². The number of fused-ring (bicyclic) bond motifs is 1. The third kappa shape index (κ3) is 2.88. The Balaban J connectivity index is 2.17. The molecule has 0 radical (unpaired) electrons. The SMILES string of the molecule is COCC(=O)Nn1cnc2sc(C)c(-c3ccccc3)c2c1=O. The topological polar surface area (TPSA) is 73.2 Å². The molecule has 0 bridgehead atoms. The molecule has 3 aromatic rings. The van der Waals surface area contributed by atoms with Gasteiger partial charge in [0.25, 0.3) is 11.5 Å². The highest BCUT2D eigenvalue weighted by Gasteiger charge is 2.17. The van der Waals surface area contributed by atoms with Crippen molar-refractivity contribution in [2.75, 3.05) is 19.1 Å². The van der Waals surface area contributed by atoms with Crippen LogP contribution >= 0.6 is 11.3 Å². The molecule has 0 saturated carbocycles. The van der Waals surface area contributed by atoms with Crippen molar-refractivity contribution >= 4 is 27.5 Å². The lowest BCUT2D eigenvalue weighted by Crippen LogP contribution is -2.34. The van der Waals surface area contributed by atoms with Gasteiger partial charge in [-0.3, -0.25) is 15.0 Å². The number of ether oxygens (including phenoxy) is 1. The molecule has 1 N–H and O–H groups in total. The maximum atomic E-state index is 12.7. The van der Waals surface area contributed by atoms with Crippen LogP contribution in [0.4, 0.5) is 0 Å². The molecule has 2 heterocycles. The summed E-state index contributed by atoms with van der Waals surface area (Å²) >= 11 is 1.46. The first-order valence-electron chi connectivity index (χ1n) is 6.96. The molecule has 0 unspecified atom stereocenters. The number of thiophene rings is 1. The number of carbonyl (C=O) groups is 1. The second-order valence-corrected chi connectivity index (χ2v) is 6.17. The smallest absolute Gasteiger partial charge is 0.281 e. The number of amides is 1. The number of aryl methyl sites for hydroxylation is 1. The summed E-state index contributed by atoms with van der Waals surface area (Å²) in [4.78, 5) is 30.3. The minimum Gasteiger partial charge on any atom is -0.375 e. The summed E-state index contributed by atoms with van der Waals surface area (Å²) < 4.78 is 5.85. The molecule has 6 nitrogen and oxygen atoms in total. The normalized spacial score (nSPS) is 10.9. The van der Waals surface area contributed by atoms with Gasteiger partial charge in [-0.2, -0.15) is 0 Å². The first kappa shape index (κ1) is 15.4. The van der Waals surface area contributed by atoms with Crippen molar-refractivity contribution < 1.29 is 9.53 Å². The van der Waals surface area contributed by atoms with E-state index in [1.54, 1.807) is 0 Å². The van der Waals surface area contributed by atoms with Crippen molar-refractivity contribution in [2.45, 2.75) is 6.92 Å². The third-order valence-electron chi connectivity index (χ3n) is 3.37. The van der Waals surface area contributed by atoms with Gasteiger partial charge in [0.2, 0.25) is 0 Å². The Labute approximate surface area is 136 Å². The van der Waals surface area contributed by atoms with E-state index in [1.165, 1.54) is 24.8 Å². The van der Waals surface area contributed by atoms with E-state index in [0.717, 1.165) is 20.7 Å². The summed E-state index contributed by atoms with van der Waals surface area (Å²) in [5, 5.41) is 0.513. The number of aromatic nitrogens is 2. The highest BCUT2D eigenvalue weighted by Crippen LogP contribution is 2.35. The highest BCUT2D eigenvalue weighted by atomic mass is 32.1. The first-order valence-corrected chi connectivity index (χ1v) is 7.78. The lowest BCUT2D eigenvalue weighted by atomic mass is 10.0. The van der Waals surface area contributed by atoms with Gasteiger partial charge in [-0.05, 0) is 12.5 Å². The van der Waals surface area contributed by atoms with E-state index in [9.17, 15) is 9.59 Å². The number of hydrogen-bond donors (Lipinski definition) is 1. The minimum atomic E-state index is -0.413. The van der Waals surface area contributed by atoms with Gasteiger partial charge in [-0.15, -0.1) is 11.3 Å². The molecule has 1 amide bonds. The van der Waals surface area contributed by atoms with Crippen LogP contribution in [0.5, 0.6) is 0 Å². The molecule has 7 heteroatoms. The molecule has 118 valence electrons. The van der Waals surface area contributed by atoms with Gasteiger partial charge in [0.05, 0.1) is 5.39 Å². The fourth-order valence-electron chi connectivity index (χ4n) is 2.43. The zero-order valence-electron chi connectivity index (χ0n) is 12.7. The second-order valence-electron chi connectivity index (χ2n) is 4.97. The molecule has 0 aliphatic rings. The quantitative estimate of drug-likeness (QED) is 0.796. The molecular weight excluding hydrogens is 314 g/mol. The maximum absolute atomic E-state index is 12.7. The van der Waals surface area contributed by atoms with E-state index in [1.807, 2.05) is 37.3 Å². The summed E-state index contributed by atoms with van der Waals surface area (Å²) in [5.41, 5.74) is 3.98. The van der Waals surface area contributed by atoms with Crippen molar-refractivity contribution in [3.63, 3.8) is 0 Å². The lowest BCUT2D eigenvalue weighted by molar-refractivity contribution is -0.120. The van der Waals surface area contributed by atoms with Crippen LogP contribution in [0.2, 0.25) is 0 Å². The van der Waals surface area contributed by atoms with E-state index in [2.05, 4.69) is 10.4 Å². The zero-order valence-corrected chi connectivity index (χ0v) is 13.5. The molecule has 23 heavy (non-hydrogen) atoms. The van der Waals surface area contributed by atoms with Gasteiger partial charge in [0, 0.05) is 17.6 Å². The van der Waals surface area contributed by atoms with Gasteiger partial charge >= 0.3 is 0 Å². The van der Waals surface area contributed by atoms with Crippen molar-refractivity contribution in [1.29, 1.82) is 0 Å². The van der Waals surface area contributed by atoms with E-state index in [-0.39, 0.29) is 12.2 Å². The Hall–Kier alpha value is -2.51. The Morgan fingerprint density at radius 1 is 1.35 bits per heavy atom. The minimum absolute atomic E-state index is 0.126. The van der Waals surface area contributed by atoms with Crippen LogP contribution in [-0.2, 0) is 9.53 Å². The van der Waals surface area contributed by atoms with Gasteiger partial charge in [-0.1, -0.05) is 30.3 Å². The van der Waals surface area contributed by atoms with Crippen molar-refractivity contribution in [2.24, 2.45) is 0 Å². The summed E-state index contributed by atoms with van der Waals surface area (Å²) in [6.45, 7) is 1.83. The molecule has 3 rings (SSSR count). The summed E-state index contributed by atoms with van der Waals surface area (Å²) in [5.74, 6) is -0.413. The van der Waals surface area contributed by atoms with Crippen molar-refractivity contribution in [1.82, 2.24) is 9.66 Å². The number of nitrogens with zero attached hydrogens (tertiary/aromatic N) is 2. The fraction of sp³-hybridized carbons (Fsp3) is 0.188. The van der Waals surface area contributed by atoms with E-state index >= 15 is 0 Å². The third-order valence-corrected chi connectivity index (χ3v) is 4.39.